The number of hydrogen-bond acceptors (Lipinski definition) is 3. The van der Waals surface area contributed by atoms with Crippen LogP contribution < -0.4 is 5.32 Å². The molecule has 0 atom stereocenters. The lowest BCUT2D eigenvalue weighted by molar-refractivity contribution is 0.0953. The maximum Gasteiger partial charge on any atom is 0.262 e. The van der Waals surface area contributed by atoms with Crippen molar-refractivity contribution in [2.75, 3.05) is 6.54 Å². The number of halogens is 3. The molecule has 0 saturated heterocycles. The maximum absolute atomic E-state index is 11.8. The Morgan fingerprint density at radius 2 is 2.05 bits per heavy atom. The lowest BCUT2D eigenvalue weighted by Gasteiger charge is -2.08. The Kier molecular flexibility index (Phi) is 6.11. The Bertz CT molecular complexity index is 590. The van der Waals surface area contributed by atoms with Gasteiger partial charge in [-0.25, -0.2) is 8.42 Å². The van der Waals surface area contributed by atoms with E-state index >= 15 is 0 Å². The molecule has 19 heavy (non-hydrogen) atoms. The second kappa shape index (κ2) is 6.92. The number of carbonyl (C=O) groups is 1. The van der Waals surface area contributed by atoms with Gasteiger partial charge in [0.25, 0.3) is 15.0 Å². The number of hydrogen-bond donors (Lipinski definition) is 1. The molecule has 1 aromatic rings. The number of benzene rings is 1. The van der Waals surface area contributed by atoms with Crippen LogP contribution in [0, 0.1) is 0 Å². The molecule has 0 radical (unpaired) electrons. The van der Waals surface area contributed by atoms with Gasteiger partial charge in [-0.1, -0.05) is 24.9 Å². The highest BCUT2D eigenvalue weighted by molar-refractivity contribution is 9.10. The van der Waals surface area contributed by atoms with E-state index in [-0.39, 0.29) is 25.9 Å². The third-order valence-electron chi connectivity index (χ3n) is 2.34. The van der Waals surface area contributed by atoms with Gasteiger partial charge in [0.05, 0.1) is 14.4 Å². The van der Waals surface area contributed by atoms with Crippen LogP contribution in [-0.2, 0) is 9.05 Å². The van der Waals surface area contributed by atoms with Gasteiger partial charge in [-0.05, 0) is 34.5 Å². The Morgan fingerprint density at radius 1 is 1.42 bits per heavy atom. The molecule has 1 rings (SSSR count). The molecular weight excluding hydrogens is 377 g/mol. The summed E-state index contributed by atoms with van der Waals surface area (Å²) in [7, 11) is 1.31. The average Bonchev–Trinajstić information content (AvgIpc) is 2.31. The number of unbranched alkanes of at least 4 members (excludes halogenated alkanes) is 1. The van der Waals surface area contributed by atoms with Crippen molar-refractivity contribution in [3.05, 3.63) is 27.2 Å². The molecule has 0 fully saturated rings. The molecule has 4 nitrogen and oxygen atoms in total. The molecule has 0 spiro atoms. The first kappa shape index (κ1) is 16.8. The van der Waals surface area contributed by atoms with Crippen molar-refractivity contribution in [2.24, 2.45) is 0 Å². The first-order valence-electron chi connectivity index (χ1n) is 5.49. The fourth-order valence-electron chi connectivity index (χ4n) is 1.35. The lowest BCUT2D eigenvalue weighted by Crippen LogP contribution is -2.24. The summed E-state index contributed by atoms with van der Waals surface area (Å²) in [6.45, 7) is 2.52. The predicted molar refractivity (Wildman–Crippen MR) is 79.4 cm³/mol. The Hall–Kier alpha value is -0.300. The molecule has 0 heterocycles. The summed E-state index contributed by atoms with van der Waals surface area (Å²) < 4.78 is 22.9. The monoisotopic (exact) mass is 387 g/mol. The highest BCUT2D eigenvalue weighted by Crippen LogP contribution is 2.33. The molecule has 1 aromatic carbocycles. The van der Waals surface area contributed by atoms with Crippen LogP contribution in [0.15, 0.2) is 21.5 Å². The van der Waals surface area contributed by atoms with Crippen LogP contribution in [0.4, 0.5) is 0 Å². The first-order valence-corrected chi connectivity index (χ1v) is 8.97. The molecule has 106 valence electrons. The molecule has 0 aromatic heterocycles. The van der Waals surface area contributed by atoms with Crippen LogP contribution in [0.5, 0.6) is 0 Å². The second-order valence-electron chi connectivity index (χ2n) is 3.82. The summed E-state index contributed by atoms with van der Waals surface area (Å²) in [4.78, 5) is 11.6. The first-order chi connectivity index (χ1) is 8.77. The van der Waals surface area contributed by atoms with Crippen LogP contribution in [0.1, 0.15) is 30.1 Å². The molecule has 0 aliphatic rings. The van der Waals surface area contributed by atoms with E-state index in [0.29, 0.717) is 6.54 Å². The van der Waals surface area contributed by atoms with Gasteiger partial charge in [-0.15, -0.1) is 0 Å². The van der Waals surface area contributed by atoms with Crippen molar-refractivity contribution in [2.45, 2.75) is 24.7 Å². The van der Waals surface area contributed by atoms with E-state index in [2.05, 4.69) is 21.2 Å². The molecule has 1 N–H and O–H groups in total. The van der Waals surface area contributed by atoms with E-state index in [9.17, 15) is 13.2 Å². The number of nitrogens with one attached hydrogen (secondary N) is 1. The van der Waals surface area contributed by atoms with Crippen LogP contribution in [-0.4, -0.2) is 20.9 Å². The molecule has 1 amide bonds. The third kappa shape index (κ3) is 4.63. The number of carbonyl (C=O) groups excluding carboxylic acids is 1. The smallest absolute Gasteiger partial charge is 0.262 e. The second-order valence-corrected chi connectivity index (χ2v) is 7.55. The zero-order valence-electron chi connectivity index (χ0n) is 10.0. The fourth-order valence-corrected chi connectivity index (χ4v) is 3.73. The van der Waals surface area contributed by atoms with Gasteiger partial charge in [0.1, 0.15) is 0 Å². The summed E-state index contributed by atoms with van der Waals surface area (Å²) in [5.74, 6) is -0.385. The Balaban J connectivity index is 3.11. The Morgan fingerprint density at radius 3 is 2.58 bits per heavy atom. The van der Waals surface area contributed by atoms with Gasteiger partial charge < -0.3 is 5.32 Å². The van der Waals surface area contributed by atoms with Crippen molar-refractivity contribution in [3.63, 3.8) is 0 Å². The summed E-state index contributed by atoms with van der Waals surface area (Å²) in [5, 5.41) is 2.79. The van der Waals surface area contributed by atoms with E-state index in [1.165, 1.54) is 12.1 Å². The van der Waals surface area contributed by atoms with Crippen molar-refractivity contribution in [1.82, 2.24) is 5.32 Å². The number of amides is 1. The summed E-state index contributed by atoms with van der Waals surface area (Å²) >= 11 is 8.92. The van der Waals surface area contributed by atoms with E-state index < -0.39 is 9.05 Å². The molecule has 0 aliphatic carbocycles. The summed E-state index contributed by atoms with van der Waals surface area (Å²) in [6, 6.07) is 2.58. The standard InChI is InChI=1S/C11H12BrCl2NO3S/c1-2-3-4-15-11(16)7-5-8(13)10(12)9(6-7)19(14,17)18/h5-6H,2-4H2,1H3,(H,15,16). The zero-order chi connectivity index (χ0) is 14.6. The van der Waals surface area contributed by atoms with Crippen LogP contribution in [0.2, 0.25) is 5.02 Å². The number of rotatable bonds is 5. The van der Waals surface area contributed by atoms with E-state index in [0.717, 1.165) is 12.8 Å². The third-order valence-corrected chi connectivity index (χ3v) is 5.32. The van der Waals surface area contributed by atoms with Gasteiger partial charge in [-0.3, -0.25) is 4.79 Å². The van der Waals surface area contributed by atoms with Gasteiger partial charge in [0.15, 0.2) is 0 Å². The van der Waals surface area contributed by atoms with Crippen LogP contribution in [0.3, 0.4) is 0 Å². The summed E-state index contributed by atoms with van der Waals surface area (Å²) in [5.41, 5.74) is 0.156. The van der Waals surface area contributed by atoms with Gasteiger partial charge in [0.2, 0.25) is 0 Å². The van der Waals surface area contributed by atoms with Crippen LogP contribution >= 0.6 is 38.2 Å². The molecule has 0 saturated carbocycles. The predicted octanol–water partition coefficient (Wildman–Crippen LogP) is 3.56. The van der Waals surface area contributed by atoms with E-state index in [1.54, 1.807) is 0 Å². The summed E-state index contributed by atoms with van der Waals surface area (Å²) in [6.07, 6.45) is 1.79. The highest BCUT2D eigenvalue weighted by Gasteiger charge is 2.20. The normalized spacial score (nSPS) is 11.4. The largest absolute Gasteiger partial charge is 0.352 e. The van der Waals surface area contributed by atoms with Crippen molar-refractivity contribution in [1.29, 1.82) is 0 Å². The van der Waals surface area contributed by atoms with E-state index in [1.807, 2.05) is 6.92 Å². The van der Waals surface area contributed by atoms with Gasteiger partial charge in [-0.2, -0.15) is 0 Å². The molecule has 0 aliphatic heterocycles. The minimum absolute atomic E-state index is 0.113. The fraction of sp³-hybridized carbons (Fsp3) is 0.364. The Labute approximate surface area is 130 Å². The van der Waals surface area contributed by atoms with Crippen LogP contribution in [0.25, 0.3) is 0 Å². The van der Waals surface area contributed by atoms with Crippen molar-refractivity contribution < 1.29 is 13.2 Å². The van der Waals surface area contributed by atoms with E-state index in [4.69, 9.17) is 22.3 Å². The maximum atomic E-state index is 11.8. The lowest BCUT2D eigenvalue weighted by atomic mass is 10.2. The average molecular weight is 389 g/mol. The minimum Gasteiger partial charge on any atom is -0.352 e. The molecule has 8 heteroatoms. The SMILES string of the molecule is CCCCNC(=O)c1cc(Cl)c(Br)c(S(=O)(=O)Cl)c1. The minimum atomic E-state index is -3.98. The van der Waals surface area contributed by atoms with Gasteiger partial charge >= 0.3 is 0 Å². The van der Waals surface area contributed by atoms with Gasteiger partial charge in [0, 0.05) is 22.8 Å². The molecule has 0 unspecified atom stereocenters. The topological polar surface area (TPSA) is 63.2 Å². The highest BCUT2D eigenvalue weighted by atomic mass is 79.9. The van der Waals surface area contributed by atoms with Crippen molar-refractivity contribution >= 4 is 53.2 Å². The quantitative estimate of drug-likeness (QED) is 0.619. The zero-order valence-corrected chi connectivity index (χ0v) is 14.0. The molecule has 0 bridgehead atoms. The van der Waals surface area contributed by atoms with Crippen molar-refractivity contribution in [3.8, 4) is 0 Å². The molecular formula is C11H12BrCl2NO3S.